The number of aryl methyl sites for hydroxylation is 2. The third-order valence-electron chi connectivity index (χ3n) is 3.33. The molecule has 3 heteroatoms. The molecule has 0 aromatic heterocycles. The van der Waals surface area contributed by atoms with Crippen molar-refractivity contribution in [3.05, 3.63) is 64.7 Å². The van der Waals surface area contributed by atoms with Gasteiger partial charge in [0.25, 0.3) is 0 Å². The summed E-state index contributed by atoms with van der Waals surface area (Å²) in [5.74, 6) is 0.891. The van der Waals surface area contributed by atoms with Gasteiger partial charge in [-0.1, -0.05) is 42.5 Å². The van der Waals surface area contributed by atoms with Crippen LogP contribution in [0.25, 0.3) is 0 Å². The normalized spacial score (nSPS) is 12.2. The maximum atomic E-state index is 9.14. The van der Waals surface area contributed by atoms with Crippen LogP contribution in [0.15, 0.2) is 42.5 Å². The molecule has 0 amide bonds. The fraction of sp³-hybridized carbons (Fsp3) is 0.294. The van der Waals surface area contributed by atoms with Crippen LogP contribution in [0.5, 0.6) is 5.75 Å². The summed E-state index contributed by atoms with van der Waals surface area (Å²) in [4.78, 5) is 0. The van der Waals surface area contributed by atoms with Gasteiger partial charge in [-0.25, -0.2) is 0 Å². The first-order valence-electron chi connectivity index (χ1n) is 6.76. The third kappa shape index (κ3) is 3.38. The summed E-state index contributed by atoms with van der Waals surface area (Å²) in [6.07, 6.45) is 0. The molecular formula is C17H21NO2. The predicted molar refractivity (Wildman–Crippen MR) is 80.7 cm³/mol. The van der Waals surface area contributed by atoms with Gasteiger partial charge >= 0.3 is 0 Å². The molecular weight excluding hydrogens is 250 g/mol. The Morgan fingerprint density at radius 1 is 1.10 bits per heavy atom. The van der Waals surface area contributed by atoms with Crippen LogP contribution in [-0.2, 0) is 6.61 Å². The minimum Gasteiger partial charge on any atom is -0.488 e. The van der Waals surface area contributed by atoms with Crippen molar-refractivity contribution in [3.63, 3.8) is 0 Å². The topological polar surface area (TPSA) is 55.5 Å². The summed E-state index contributed by atoms with van der Waals surface area (Å²) in [6, 6.07) is 13.7. The Bertz CT molecular complexity index is 543. The van der Waals surface area contributed by atoms with Crippen molar-refractivity contribution >= 4 is 0 Å². The minimum atomic E-state index is -0.337. The van der Waals surface area contributed by atoms with E-state index in [1.165, 1.54) is 0 Å². The van der Waals surface area contributed by atoms with Crippen LogP contribution in [0.4, 0.5) is 0 Å². The molecule has 3 N–H and O–H groups in total. The van der Waals surface area contributed by atoms with E-state index in [4.69, 9.17) is 15.6 Å². The lowest BCUT2D eigenvalue weighted by molar-refractivity contribution is 0.267. The quantitative estimate of drug-likeness (QED) is 0.879. The van der Waals surface area contributed by atoms with Crippen molar-refractivity contribution < 1.29 is 9.84 Å². The minimum absolute atomic E-state index is 0.0525. The summed E-state index contributed by atoms with van der Waals surface area (Å²) in [6.45, 7) is 4.50. The van der Waals surface area contributed by atoms with Gasteiger partial charge in [0.05, 0.1) is 12.6 Å². The summed E-state index contributed by atoms with van der Waals surface area (Å²) >= 11 is 0. The number of benzene rings is 2. The van der Waals surface area contributed by atoms with E-state index in [9.17, 15) is 0 Å². The molecule has 106 valence electrons. The summed E-state index contributed by atoms with van der Waals surface area (Å²) in [5, 5.41) is 9.14. The molecule has 0 saturated carbocycles. The second kappa shape index (κ2) is 6.55. The molecule has 0 aliphatic carbocycles. The van der Waals surface area contributed by atoms with Crippen LogP contribution in [0.2, 0.25) is 0 Å². The molecule has 0 aliphatic rings. The number of rotatable bonds is 5. The van der Waals surface area contributed by atoms with Gasteiger partial charge in [0.2, 0.25) is 0 Å². The number of hydrogen-bond acceptors (Lipinski definition) is 3. The Hall–Kier alpha value is -1.84. The summed E-state index contributed by atoms with van der Waals surface area (Å²) in [5.41, 5.74) is 10.0. The number of aliphatic hydroxyl groups excluding tert-OH is 1. The first-order chi connectivity index (χ1) is 9.61. The lowest BCUT2D eigenvalue weighted by Crippen LogP contribution is -2.15. The van der Waals surface area contributed by atoms with E-state index >= 15 is 0 Å². The second-order valence-electron chi connectivity index (χ2n) is 5.05. The Morgan fingerprint density at radius 2 is 1.70 bits per heavy atom. The molecule has 0 spiro atoms. The van der Waals surface area contributed by atoms with Crippen LogP contribution in [0.1, 0.15) is 28.3 Å². The molecule has 0 radical (unpaired) electrons. The van der Waals surface area contributed by atoms with Crippen molar-refractivity contribution in [2.24, 2.45) is 5.73 Å². The van der Waals surface area contributed by atoms with Crippen LogP contribution in [-0.4, -0.2) is 11.7 Å². The predicted octanol–water partition coefficient (Wildman–Crippen LogP) is 2.87. The maximum absolute atomic E-state index is 9.14. The molecule has 2 aromatic carbocycles. The average Bonchev–Trinajstić information content (AvgIpc) is 2.46. The molecule has 2 rings (SSSR count). The Kier molecular flexibility index (Phi) is 4.77. The summed E-state index contributed by atoms with van der Waals surface area (Å²) in [7, 11) is 0. The van der Waals surface area contributed by atoms with Gasteiger partial charge in [-0.05, 0) is 36.1 Å². The highest BCUT2D eigenvalue weighted by Crippen LogP contribution is 2.27. The number of nitrogens with two attached hydrogens (primary N) is 1. The molecule has 0 bridgehead atoms. The molecule has 3 nitrogen and oxygen atoms in total. The van der Waals surface area contributed by atoms with Gasteiger partial charge in [0.1, 0.15) is 12.4 Å². The van der Waals surface area contributed by atoms with E-state index in [0.29, 0.717) is 6.61 Å². The molecule has 0 saturated heterocycles. The molecule has 0 heterocycles. The van der Waals surface area contributed by atoms with E-state index in [0.717, 1.165) is 28.0 Å². The van der Waals surface area contributed by atoms with Crippen LogP contribution >= 0.6 is 0 Å². The van der Waals surface area contributed by atoms with E-state index in [1.807, 2.05) is 56.3 Å². The standard InChI is InChI=1S/C17H21NO2/c1-12-8-15(16(18)10-19)9-13(2)17(12)20-11-14-6-4-3-5-7-14/h3-9,16,19H,10-11,18H2,1-2H3. The van der Waals surface area contributed by atoms with Crippen molar-refractivity contribution in [3.8, 4) is 5.75 Å². The van der Waals surface area contributed by atoms with E-state index in [2.05, 4.69) is 0 Å². The zero-order valence-corrected chi connectivity index (χ0v) is 12.0. The molecule has 2 aromatic rings. The third-order valence-corrected chi connectivity index (χ3v) is 3.33. The fourth-order valence-corrected chi connectivity index (χ4v) is 2.26. The SMILES string of the molecule is Cc1cc(C(N)CO)cc(C)c1OCc1ccccc1. The molecule has 0 fully saturated rings. The number of hydrogen-bond donors (Lipinski definition) is 2. The first-order valence-corrected chi connectivity index (χ1v) is 6.76. The Morgan fingerprint density at radius 3 is 2.25 bits per heavy atom. The maximum Gasteiger partial charge on any atom is 0.125 e. The van der Waals surface area contributed by atoms with Gasteiger partial charge < -0.3 is 15.6 Å². The summed E-state index contributed by atoms with van der Waals surface area (Å²) < 4.78 is 5.92. The van der Waals surface area contributed by atoms with Gasteiger partial charge in [0, 0.05) is 0 Å². The molecule has 1 unspecified atom stereocenters. The second-order valence-corrected chi connectivity index (χ2v) is 5.05. The van der Waals surface area contributed by atoms with Gasteiger partial charge in [0.15, 0.2) is 0 Å². The monoisotopic (exact) mass is 271 g/mol. The zero-order chi connectivity index (χ0) is 14.5. The van der Waals surface area contributed by atoms with Gasteiger partial charge in [-0.2, -0.15) is 0 Å². The average molecular weight is 271 g/mol. The van der Waals surface area contributed by atoms with Crippen molar-refractivity contribution in [1.29, 1.82) is 0 Å². The zero-order valence-electron chi connectivity index (χ0n) is 12.0. The fourth-order valence-electron chi connectivity index (χ4n) is 2.26. The van der Waals surface area contributed by atoms with E-state index < -0.39 is 0 Å². The number of aliphatic hydroxyl groups is 1. The number of ether oxygens (including phenoxy) is 1. The van der Waals surface area contributed by atoms with Crippen molar-refractivity contribution in [1.82, 2.24) is 0 Å². The van der Waals surface area contributed by atoms with Gasteiger partial charge in [-0.3, -0.25) is 0 Å². The van der Waals surface area contributed by atoms with E-state index in [1.54, 1.807) is 0 Å². The van der Waals surface area contributed by atoms with Gasteiger partial charge in [-0.15, -0.1) is 0 Å². The molecule has 1 atom stereocenters. The van der Waals surface area contributed by atoms with E-state index in [-0.39, 0.29) is 12.6 Å². The Labute approximate surface area is 120 Å². The highest BCUT2D eigenvalue weighted by atomic mass is 16.5. The largest absolute Gasteiger partial charge is 0.488 e. The highest BCUT2D eigenvalue weighted by Gasteiger charge is 2.11. The van der Waals surface area contributed by atoms with Crippen LogP contribution in [0, 0.1) is 13.8 Å². The first kappa shape index (κ1) is 14.6. The lowest BCUT2D eigenvalue weighted by atomic mass is 10.0. The Balaban J connectivity index is 2.16. The lowest BCUT2D eigenvalue weighted by Gasteiger charge is -2.16. The van der Waals surface area contributed by atoms with Crippen molar-refractivity contribution in [2.75, 3.05) is 6.61 Å². The smallest absolute Gasteiger partial charge is 0.125 e. The van der Waals surface area contributed by atoms with Crippen molar-refractivity contribution in [2.45, 2.75) is 26.5 Å². The highest BCUT2D eigenvalue weighted by molar-refractivity contribution is 5.44. The molecule has 0 aliphatic heterocycles. The van der Waals surface area contributed by atoms with Crippen LogP contribution in [0.3, 0.4) is 0 Å². The molecule has 20 heavy (non-hydrogen) atoms. The van der Waals surface area contributed by atoms with Crippen LogP contribution < -0.4 is 10.5 Å².